The van der Waals surface area contributed by atoms with Crippen LogP contribution in [0.5, 0.6) is 0 Å². The van der Waals surface area contributed by atoms with Crippen molar-refractivity contribution in [1.82, 2.24) is 0 Å². The zero-order valence-electron chi connectivity index (χ0n) is 10.3. The van der Waals surface area contributed by atoms with Crippen LogP contribution in [-0.4, -0.2) is 11.6 Å². The number of rotatable bonds is 2. The van der Waals surface area contributed by atoms with E-state index in [0.29, 0.717) is 0 Å². The summed E-state index contributed by atoms with van der Waals surface area (Å²) in [6.07, 6.45) is 3.66. The largest absolute Gasteiger partial charge is 0.300 e. The highest BCUT2D eigenvalue weighted by Crippen LogP contribution is 2.40. The van der Waals surface area contributed by atoms with Crippen molar-refractivity contribution >= 4 is 11.6 Å². The van der Waals surface area contributed by atoms with Crippen LogP contribution in [0, 0.1) is 17.3 Å². The van der Waals surface area contributed by atoms with Crippen molar-refractivity contribution in [3.05, 3.63) is 0 Å². The minimum atomic E-state index is 0.128. The van der Waals surface area contributed by atoms with Gasteiger partial charge in [0.25, 0.3) is 0 Å². The van der Waals surface area contributed by atoms with E-state index in [2.05, 4.69) is 13.8 Å². The number of hydrogen-bond donors (Lipinski definition) is 0. The summed E-state index contributed by atoms with van der Waals surface area (Å²) in [4.78, 5) is 22.9. The number of carbonyl (C=O) groups excluding carboxylic acids is 2. The molecule has 0 spiro atoms. The lowest BCUT2D eigenvalue weighted by molar-refractivity contribution is -0.122. The summed E-state index contributed by atoms with van der Waals surface area (Å²) < 4.78 is 0. The predicted molar refractivity (Wildman–Crippen MR) is 60.6 cm³/mol. The van der Waals surface area contributed by atoms with Crippen molar-refractivity contribution in [2.24, 2.45) is 17.3 Å². The Kier molecular flexibility index (Phi) is 3.69. The molecule has 1 fully saturated rings. The normalized spacial score (nSPS) is 30.7. The van der Waals surface area contributed by atoms with Crippen molar-refractivity contribution in [1.29, 1.82) is 0 Å². The van der Waals surface area contributed by atoms with Gasteiger partial charge in [-0.15, -0.1) is 0 Å². The van der Waals surface area contributed by atoms with Crippen LogP contribution in [0.3, 0.4) is 0 Å². The Hall–Kier alpha value is -0.660. The van der Waals surface area contributed by atoms with Gasteiger partial charge in [-0.25, -0.2) is 0 Å². The summed E-state index contributed by atoms with van der Waals surface area (Å²) in [5.74, 6) is 0.910. The molecular formula is C13H22O2. The average Bonchev–Trinajstić information content (AvgIpc) is 2.23. The summed E-state index contributed by atoms with van der Waals surface area (Å²) >= 11 is 0. The lowest BCUT2D eigenvalue weighted by Gasteiger charge is -2.27. The maximum Gasteiger partial charge on any atom is 0.132 e. The van der Waals surface area contributed by atoms with Crippen LogP contribution < -0.4 is 0 Å². The molecule has 0 aromatic rings. The van der Waals surface area contributed by atoms with Crippen LogP contribution >= 0.6 is 0 Å². The van der Waals surface area contributed by atoms with E-state index in [1.54, 1.807) is 13.8 Å². The molecule has 2 atom stereocenters. The molecule has 0 aromatic carbocycles. The van der Waals surface area contributed by atoms with Crippen molar-refractivity contribution in [2.45, 2.75) is 53.4 Å². The van der Waals surface area contributed by atoms with E-state index in [4.69, 9.17) is 0 Å². The minimum absolute atomic E-state index is 0.128. The van der Waals surface area contributed by atoms with Gasteiger partial charge in [0.1, 0.15) is 11.6 Å². The first-order chi connectivity index (χ1) is 6.82. The molecule has 1 rings (SSSR count). The first kappa shape index (κ1) is 12.4. The standard InChI is InChI=1S/C13H22O2/c1-9(14)11-5-6-12(10(2)15)8-13(3,4)7-11/h11-12H,5-8H2,1-4H3. The topological polar surface area (TPSA) is 34.1 Å². The Morgan fingerprint density at radius 2 is 1.27 bits per heavy atom. The van der Waals surface area contributed by atoms with Crippen LogP contribution in [0.4, 0.5) is 0 Å². The second-order valence-corrected chi connectivity index (χ2v) is 5.76. The molecule has 0 N–H and O–H groups in total. The van der Waals surface area contributed by atoms with Gasteiger partial charge in [0.05, 0.1) is 0 Å². The van der Waals surface area contributed by atoms with Gasteiger partial charge in [0.2, 0.25) is 0 Å². The fourth-order valence-corrected chi connectivity index (χ4v) is 2.72. The second-order valence-electron chi connectivity index (χ2n) is 5.76. The average molecular weight is 210 g/mol. The van der Waals surface area contributed by atoms with Gasteiger partial charge < -0.3 is 0 Å². The molecule has 0 aliphatic heterocycles. The lowest BCUT2D eigenvalue weighted by Crippen LogP contribution is -2.21. The molecule has 0 bridgehead atoms. The van der Waals surface area contributed by atoms with Crippen LogP contribution in [-0.2, 0) is 9.59 Å². The molecule has 0 saturated heterocycles. The summed E-state index contributed by atoms with van der Waals surface area (Å²) in [5, 5.41) is 0. The van der Waals surface area contributed by atoms with Crippen LogP contribution in [0.1, 0.15) is 53.4 Å². The van der Waals surface area contributed by atoms with Crippen molar-refractivity contribution in [3.8, 4) is 0 Å². The smallest absolute Gasteiger partial charge is 0.132 e. The van der Waals surface area contributed by atoms with E-state index in [1.165, 1.54) is 0 Å². The molecule has 0 amide bonds. The highest BCUT2D eigenvalue weighted by atomic mass is 16.1. The van der Waals surface area contributed by atoms with E-state index in [0.717, 1.165) is 25.7 Å². The Bertz CT molecular complexity index is 240. The van der Waals surface area contributed by atoms with E-state index >= 15 is 0 Å². The quantitative estimate of drug-likeness (QED) is 0.657. The molecular weight excluding hydrogens is 188 g/mol. The van der Waals surface area contributed by atoms with Crippen LogP contribution in [0.2, 0.25) is 0 Å². The highest BCUT2D eigenvalue weighted by molar-refractivity contribution is 5.80. The first-order valence-corrected chi connectivity index (χ1v) is 5.83. The van der Waals surface area contributed by atoms with Gasteiger partial charge >= 0.3 is 0 Å². The molecule has 1 aliphatic rings. The predicted octanol–water partition coefficient (Wildman–Crippen LogP) is 3.00. The summed E-state index contributed by atoms with van der Waals surface area (Å²) in [6.45, 7) is 7.69. The van der Waals surface area contributed by atoms with Gasteiger partial charge in [-0.05, 0) is 44.9 Å². The molecule has 0 heterocycles. The molecule has 2 nitrogen and oxygen atoms in total. The maximum atomic E-state index is 11.4. The summed E-state index contributed by atoms with van der Waals surface area (Å²) in [5.41, 5.74) is 0.128. The highest BCUT2D eigenvalue weighted by Gasteiger charge is 2.34. The van der Waals surface area contributed by atoms with Crippen molar-refractivity contribution < 1.29 is 9.59 Å². The zero-order chi connectivity index (χ0) is 11.6. The van der Waals surface area contributed by atoms with Gasteiger partial charge in [0.15, 0.2) is 0 Å². The third-order valence-corrected chi connectivity index (χ3v) is 3.61. The Morgan fingerprint density at radius 1 is 0.933 bits per heavy atom. The van der Waals surface area contributed by atoms with Gasteiger partial charge in [-0.1, -0.05) is 13.8 Å². The van der Waals surface area contributed by atoms with E-state index in [1.807, 2.05) is 0 Å². The summed E-state index contributed by atoms with van der Waals surface area (Å²) in [7, 11) is 0. The van der Waals surface area contributed by atoms with Crippen LogP contribution in [0.15, 0.2) is 0 Å². The number of hydrogen-bond acceptors (Lipinski definition) is 2. The molecule has 1 saturated carbocycles. The zero-order valence-corrected chi connectivity index (χ0v) is 10.3. The SMILES string of the molecule is CC(=O)C1CCC(C(C)=O)CC(C)(C)C1. The second kappa shape index (κ2) is 4.46. The van der Waals surface area contributed by atoms with Gasteiger partial charge in [0, 0.05) is 11.8 Å². The molecule has 86 valence electrons. The fourth-order valence-electron chi connectivity index (χ4n) is 2.72. The summed E-state index contributed by atoms with van der Waals surface area (Å²) in [6, 6.07) is 0. The molecule has 0 radical (unpaired) electrons. The van der Waals surface area contributed by atoms with Crippen molar-refractivity contribution in [2.75, 3.05) is 0 Å². The van der Waals surface area contributed by atoms with Gasteiger partial charge in [-0.3, -0.25) is 9.59 Å². The molecule has 0 aromatic heterocycles. The third kappa shape index (κ3) is 3.44. The number of Topliss-reactive ketones (excluding diaryl/α,β-unsaturated/α-hetero) is 2. The lowest BCUT2D eigenvalue weighted by atomic mass is 9.78. The molecule has 15 heavy (non-hydrogen) atoms. The van der Waals surface area contributed by atoms with E-state index < -0.39 is 0 Å². The monoisotopic (exact) mass is 210 g/mol. The maximum absolute atomic E-state index is 11.4. The molecule has 1 aliphatic carbocycles. The Balaban J connectivity index is 2.77. The van der Waals surface area contributed by atoms with Crippen molar-refractivity contribution in [3.63, 3.8) is 0 Å². The Labute approximate surface area is 92.4 Å². The van der Waals surface area contributed by atoms with E-state index in [9.17, 15) is 9.59 Å². The van der Waals surface area contributed by atoms with Crippen LogP contribution in [0.25, 0.3) is 0 Å². The molecule has 2 unspecified atom stereocenters. The van der Waals surface area contributed by atoms with Gasteiger partial charge in [-0.2, -0.15) is 0 Å². The van der Waals surface area contributed by atoms with E-state index in [-0.39, 0.29) is 28.8 Å². The first-order valence-electron chi connectivity index (χ1n) is 5.83. The minimum Gasteiger partial charge on any atom is -0.300 e. The fraction of sp³-hybridized carbons (Fsp3) is 0.846. The number of ketones is 2. The Morgan fingerprint density at radius 3 is 1.53 bits per heavy atom. The molecule has 2 heteroatoms. The number of carbonyl (C=O) groups is 2. The third-order valence-electron chi connectivity index (χ3n) is 3.61.